The molecule has 28 heavy (non-hydrogen) atoms. The van der Waals surface area contributed by atoms with Crippen LogP contribution in [0.25, 0.3) is 11.3 Å². The van der Waals surface area contributed by atoms with Gasteiger partial charge in [0.15, 0.2) is 0 Å². The van der Waals surface area contributed by atoms with Crippen molar-refractivity contribution in [1.82, 2.24) is 15.4 Å². The second-order valence-electron chi connectivity index (χ2n) is 7.65. The highest BCUT2D eigenvalue weighted by Gasteiger charge is 2.39. The molecule has 1 aliphatic carbocycles. The number of rotatable bonds is 5. The number of carbonyl (C=O) groups excluding carboxylic acids is 1. The summed E-state index contributed by atoms with van der Waals surface area (Å²) in [6, 6.07) is 7.64. The van der Waals surface area contributed by atoms with Gasteiger partial charge < -0.3 is 14.6 Å². The van der Waals surface area contributed by atoms with E-state index in [-0.39, 0.29) is 23.0 Å². The van der Waals surface area contributed by atoms with E-state index in [9.17, 15) is 9.18 Å². The lowest BCUT2D eigenvalue weighted by atomic mass is 9.79. The molecule has 1 amide bonds. The number of ether oxygens (including phenoxy) is 1. The standard InChI is InChI=1S/C21H26FN3O3/c22-17-6-4-5-16(13-17)18-14-19(28-24-18)20(26)23-15-21(7-2-1-3-8-21)25-9-11-27-12-10-25/h4-6,13-14H,1-3,7-12,15H2,(H,23,26). The second-order valence-corrected chi connectivity index (χ2v) is 7.65. The van der Waals surface area contributed by atoms with E-state index < -0.39 is 0 Å². The van der Waals surface area contributed by atoms with E-state index in [1.54, 1.807) is 18.2 Å². The maximum atomic E-state index is 13.4. The lowest BCUT2D eigenvalue weighted by Crippen LogP contribution is -2.59. The van der Waals surface area contributed by atoms with Crippen molar-refractivity contribution in [2.45, 2.75) is 37.6 Å². The maximum Gasteiger partial charge on any atom is 0.289 e. The van der Waals surface area contributed by atoms with Gasteiger partial charge in [0.25, 0.3) is 5.91 Å². The van der Waals surface area contributed by atoms with Gasteiger partial charge in [-0.2, -0.15) is 0 Å². The summed E-state index contributed by atoms with van der Waals surface area (Å²) in [6.45, 7) is 3.88. The van der Waals surface area contributed by atoms with Crippen LogP contribution in [0.1, 0.15) is 42.7 Å². The highest BCUT2D eigenvalue weighted by Crippen LogP contribution is 2.34. The van der Waals surface area contributed by atoms with Crippen molar-refractivity contribution in [1.29, 1.82) is 0 Å². The van der Waals surface area contributed by atoms with E-state index in [0.717, 1.165) is 39.1 Å². The Bertz CT molecular complexity index is 811. The highest BCUT2D eigenvalue weighted by molar-refractivity contribution is 5.92. The molecule has 7 heteroatoms. The van der Waals surface area contributed by atoms with Crippen LogP contribution in [0, 0.1) is 5.82 Å². The molecule has 1 saturated heterocycles. The molecule has 1 N–H and O–H groups in total. The molecule has 0 spiro atoms. The molecule has 0 bridgehead atoms. The second kappa shape index (κ2) is 8.41. The van der Waals surface area contributed by atoms with Crippen LogP contribution in [0.15, 0.2) is 34.9 Å². The van der Waals surface area contributed by atoms with Crippen LogP contribution in [0.4, 0.5) is 4.39 Å². The third kappa shape index (κ3) is 4.10. The van der Waals surface area contributed by atoms with Crippen molar-refractivity contribution in [3.05, 3.63) is 41.9 Å². The molecule has 4 rings (SSSR count). The predicted octanol–water partition coefficient (Wildman–Crippen LogP) is 3.25. The van der Waals surface area contributed by atoms with Crippen LogP contribution in [0.3, 0.4) is 0 Å². The Balaban J connectivity index is 1.44. The summed E-state index contributed by atoms with van der Waals surface area (Å²) in [6.07, 6.45) is 5.77. The first-order valence-electron chi connectivity index (χ1n) is 10.00. The molecule has 6 nitrogen and oxygen atoms in total. The molecule has 2 aromatic rings. The topological polar surface area (TPSA) is 67.6 Å². The van der Waals surface area contributed by atoms with Gasteiger partial charge in [-0.1, -0.05) is 36.6 Å². The molecule has 1 aromatic carbocycles. The molecule has 1 aromatic heterocycles. The van der Waals surface area contributed by atoms with Crippen molar-refractivity contribution < 1.29 is 18.4 Å². The number of hydrogen-bond donors (Lipinski definition) is 1. The average molecular weight is 387 g/mol. The van der Waals surface area contributed by atoms with E-state index in [0.29, 0.717) is 17.8 Å². The summed E-state index contributed by atoms with van der Waals surface area (Å²) >= 11 is 0. The fourth-order valence-electron chi connectivity index (χ4n) is 4.35. The third-order valence-electron chi connectivity index (χ3n) is 5.90. The zero-order valence-corrected chi connectivity index (χ0v) is 16.0. The van der Waals surface area contributed by atoms with Gasteiger partial charge in [-0.15, -0.1) is 0 Å². The van der Waals surface area contributed by atoms with Crippen LogP contribution >= 0.6 is 0 Å². The Morgan fingerprint density at radius 2 is 1.96 bits per heavy atom. The monoisotopic (exact) mass is 387 g/mol. The highest BCUT2D eigenvalue weighted by atomic mass is 19.1. The number of nitrogens with zero attached hydrogens (tertiary/aromatic N) is 2. The molecule has 2 heterocycles. The van der Waals surface area contributed by atoms with Crippen LogP contribution in [-0.4, -0.2) is 54.4 Å². The largest absolute Gasteiger partial charge is 0.379 e. The van der Waals surface area contributed by atoms with Gasteiger partial charge in [0.2, 0.25) is 5.76 Å². The average Bonchev–Trinajstić information content (AvgIpc) is 3.24. The zero-order valence-electron chi connectivity index (χ0n) is 16.0. The van der Waals surface area contributed by atoms with E-state index in [1.165, 1.54) is 31.4 Å². The number of halogens is 1. The van der Waals surface area contributed by atoms with Crippen LogP contribution in [-0.2, 0) is 4.74 Å². The fourth-order valence-corrected chi connectivity index (χ4v) is 4.35. The molecular weight excluding hydrogens is 361 g/mol. The van der Waals surface area contributed by atoms with Crippen LogP contribution in [0.2, 0.25) is 0 Å². The molecular formula is C21H26FN3O3. The predicted molar refractivity (Wildman–Crippen MR) is 102 cm³/mol. The molecule has 2 aliphatic rings. The summed E-state index contributed by atoms with van der Waals surface area (Å²) in [5, 5.41) is 6.97. The summed E-state index contributed by atoms with van der Waals surface area (Å²) < 4.78 is 24.1. The third-order valence-corrected chi connectivity index (χ3v) is 5.90. The Morgan fingerprint density at radius 3 is 2.71 bits per heavy atom. The minimum absolute atomic E-state index is 0.0108. The lowest BCUT2D eigenvalue weighted by Gasteiger charge is -2.48. The van der Waals surface area contributed by atoms with Crippen LogP contribution < -0.4 is 5.32 Å². The summed E-state index contributed by atoms with van der Waals surface area (Å²) in [7, 11) is 0. The number of morpholine rings is 1. The number of carbonyl (C=O) groups is 1. The van der Waals surface area contributed by atoms with Gasteiger partial charge in [0.1, 0.15) is 11.5 Å². The van der Waals surface area contributed by atoms with E-state index >= 15 is 0 Å². The van der Waals surface area contributed by atoms with Gasteiger partial charge in [0.05, 0.1) is 13.2 Å². The Kier molecular flexibility index (Phi) is 5.73. The van der Waals surface area contributed by atoms with E-state index in [4.69, 9.17) is 9.26 Å². The Labute approximate surface area is 164 Å². The molecule has 2 fully saturated rings. The van der Waals surface area contributed by atoms with Gasteiger partial charge >= 0.3 is 0 Å². The van der Waals surface area contributed by atoms with Gasteiger partial charge in [-0.25, -0.2) is 4.39 Å². The quantitative estimate of drug-likeness (QED) is 0.853. The molecule has 0 atom stereocenters. The number of nitrogens with one attached hydrogen (secondary N) is 1. The summed E-state index contributed by atoms with van der Waals surface area (Å²) in [5.41, 5.74) is 1.02. The fraction of sp³-hybridized carbons (Fsp3) is 0.524. The minimum atomic E-state index is -0.351. The Hall–Kier alpha value is -2.25. The van der Waals surface area contributed by atoms with Crippen molar-refractivity contribution >= 4 is 5.91 Å². The first-order chi connectivity index (χ1) is 13.7. The molecule has 0 radical (unpaired) electrons. The number of amides is 1. The van der Waals surface area contributed by atoms with Gasteiger partial charge in [0, 0.05) is 36.8 Å². The molecule has 1 saturated carbocycles. The van der Waals surface area contributed by atoms with Crippen molar-refractivity contribution in [2.75, 3.05) is 32.8 Å². The molecule has 1 aliphatic heterocycles. The number of hydrogen-bond acceptors (Lipinski definition) is 5. The van der Waals surface area contributed by atoms with Gasteiger partial charge in [-0.05, 0) is 25.0 Å². The van der Waals surface area contributed by atoms with E-state index in [2.05, 4.69) is 15.4 Å². The van der Waals surface area contributed by atoms with Crippen molar-refractivity contribution in [3.8, 4) is 11.3 Å². The molecule has 0 unspecified atom stereocenters. The zero-order chi connectivity index (χ0) is 19.4. The van der Waals surface area contributed by atoms with Crippen LogP contribution in [0.5, 0.6) is 0 Å². The first-order valence-corrected chi connectivity index (χ1v) is 10.00. The first kappa shape index (κ1) is 19.1. The summed E-state index contributed by atoms with van der Waals surface area (Å²) in [4.78, 5) is 15.1. The van der Waals surface area contributed by atoms with E-state index in [1.807, 2.05) is 0 Å². The van der Waals surface area contributed by atoms with Crippen molar-refractivity contribution in [2.24, 2.45) is 0 Å². The molecule has 150 valence electrons. The summed E-state index contributed by atoms with van der Waals surface area (Å²) in [5.74, 6) is -0.489. The minimum Gasteiger partial charge on any atom is -0.379 e. The SMILES string of the molecule is O=C(NCC1(N2CCOCC2)CCCCC1)c1cc(-c2cccc(F)c2)no1. The van der Waals surface area contributed by atoms with Gasteiger partial charge in [-0.3, -0.25) is 9.69 Å². The Morgan fingerprint density at radius 1 is 1.18 bits per heavy atom. The smallest absolute Gasteiger partial charge is 0.289 e. The maximum absolute atomic E-state index is 13.4. The number of aromatic nitrogens is 1. The normalized spacial score (nSPS) is 20.0. The van der Waals surface area contributed by atoms with Crippen molar-refractivity contribution in [3.63, 3.8) is 0 Å². The number of benzene rings is 1. The lowest BCUT2D eigenvalue weighted by molar-refractivity contribution is -0.0362.